The van der Waals surface area contributed by atoms with Crippen molar-refractivity contribution in [1.82, 2.24) is 15.5 Å². The predicted molar refractivity (Wildman–Crippen MR) is 82.4 cm³/mol. The second kappa shape index (κ2) is 8.95. The second-order valence-corrected chi connectivity index (χ2v) is 6.12. The van der Waals surface area contributed by atoms with E-state index in [1.54, 1.807) is 0 Å². The molecule has 2 N–H and O–H groups in total. The largest absolute Gasteiger partial charge is 0.355 e. The van der Waals surface area contributed by atoms with Gasteiger partial charge in [-0.05, 0) is 20.9 Å². The van der Waals surface area contributed by atoms with E-state index in [1.807, 2.05) is 41.7 Å². The van der Waals surface area contributed by atoms with Crippen molar-refractivity contribution in [2.75, 3.05) is 20.1 Å². The molecule has 0 aromatic carbocycles. The highest BCUT2D eigenvalue weighted by Gasteiger charge is 2.19. The van der Waals surface area contributed by atoms with E-state index in [1.165, 1.54) is 0 Å². The number of hydrogen-bond acceptors (Lipinski definition) is 3. The molecule has 2 atom stereocenters. The van der Waals surface area contributed by atoms with Crippen LogP contribution in [0.25, 0.3) is 0 Å². The van der Waals surface area contributed by atoms with E-state index in [2.05, 4.69) is 22.5 Å². The van der Waals surface area contributed by atoms with Crippen LogP contribution in [0.1, 0.15) is 41.5 Å². The Morgan fingerprint density at radius 3 is 1.90 bits per heavy atom. The van der Waals surface area contributed by atoms with Crippen molar-refractivity contribution in [3.8, 4) is 0 Å². The first-order valence-electron chi connectivity index (χ1n) is 7.45. The lowest BCUT2D eigenvalue weighted by molar-refractivity contribution is -0.125. The minimum Gasteiger partial charge on any atom is -0.355 e. The van der Waals surface area contributed by atoms with Gasteiger partial charge in [0.05, 0.1) is 0 Å². The van der Waals surface area contributed by atoms with Crippen LogP contribution in [-0.4, -0.2) is 48.9 Å². The fourth-order valence-corrected chi connectivity index (χ4v) is 1.66. The van der Waals surface area contributed by atoms with Crippen LogP contribution in [0.2, 0.25) is 0 Å². The number of nitrogens with one attached hydrogen (secondary N) is 2. The zero-order valence-electron chi connectivity index (χ0n) is 14.0. The van der Waals surface area contributed by atoms with E-state index in [0.29, 0.717) is 6.54 Å². The van der Waals surface area contributed by atoms with E-state index in [9.17, 15) is 9.59 Å². The molecule has 0 aliphatic heterocycles. The zero-order valence-corrected chi connectivity index (χ0v) is 14.0. The average Bonchev–Trinajstić information content (AvgIpc) is 2.36. The highest BCUT2D eigenvalue weighted by molar-refractivity contribution is 5.78. The van der Waals surface area contributed by atoms with Crippen LogP contribution in [-0.2, 0) is 9.59 Å². The van der Waals surface area contributed by atoms with Gasteiger partial charge in [-0.2, -0.15) is 0 Å². The van der Waals surface area contributed by atoms with Crippen LogP contribution < -0.4 is 10.6 Å². The molecule has 0 aromatic rings. The molecule has 0 heterocycles. The summed E-state index contributed by atoms with van der Waals surface area (Å²) >= 11 is 0. The highest BCUT2D eigenvalue weighted by Crippen LogP contribution is 2.03. The molecule has 0 aliphatic carbocycles. The van der Waals surface area contributed by atoms with Crippen LogP contribution in [0.4, 0.5) is 0 Å². The van der Waals surface area contributed by atoms with Crippen LogP contribution in [0.3, 0.4) is 0 Å². The molecular weight excluding hydrogens is 254 g/mol. The molecule has 0 aromatic heterocycles. The van der Waals surface area contributed by atoms with E-state index >= 15 is 0 Å². The monoisotopic (exact) mass is 285 g/mol. The summed E-state index contributed by atoms with van der Waals surface area (Å²) < 4.78 is 0. The number of carbonyl (C=O) groups excluding carboxylic acids is 2. The first kappa shape index (κ1) is 18.9. The van der Waals surface area contributed by atoms with Crippen molar-refractivity contribution >= 4 is 11.8 Å². The van der Waals surface area contributed by atoms with Crippen LogP contribution in [0, 0.1) is 11.8 Å². The zero-order chi connectivity index (χ0) is 15.9. The van der Waals surface area contributed by atoms with Gasteiger partial charge in [0.25, 0.3) is 0 Å². The van der Waals surface area contributed by atoms with Gasteiger partial charge >= 0.3 is 0 Å². The summed E-state index contributed by atoms with van der Waals surface area (Å²) in [5.74, 6) is 0.167. The molecule has 0 aliphatic rings. The van der Waals surface area contributed by atoms with E-state index in [4.69, 9.17) is 0 Å². The Balaban J connectivity index is 4.10. The number of nitrogens with zero attached hydrogens (tertiary/aromatic N) is 1. The van der Waals surface area contributed by atoms with Crippen molar-refractivity contribution in [1.29, 1.82) is 0 Å². The maximum absolute atomic E-state index is 11.7. The first-order valence-corrected chi connectivity index (χ1v) is 7.45. The van der Waals surface area contributed by atoms with Gasteiger partial charge in [-0.1, -0.05) is 27.7 Å². The Kier molecular flexibility index (Phi) is 8.46. The third-order valence-corrected chi connectivity index (χ3v) is 3.60. The number of carbonyl (C=O) groups is 2. The van der Waals surface area contributed by atoms with Gasteiger partial charge in [-0.15, -0.1) is 0 Å². The Morgan fingerprint density at radius 1 is 0.950 bits per heavy atom. The Hall–Kier alpha value is -1.10. The average molecular weight is 285 g/mol. The topological polar surface area (TPSA) is 61.4 Å². The van der Waals surface area contributed by atoms with Gasteiger partial charge in [-0.3, -0.25) is 14.5 Å². The van der Waals surface area contributed by atoms with Crippen molar-refractivity contribution in [2.45, 2.75) is 53.6 Å². The summed E-state index contributed by atoms with van der Waals surface area (Å²) in [4.78, 5) is 25.3. The lowest BCUT2D eigenvalue weighted by atomic mass is 10.1. The fraction of sp³-hybridized carbons (Fsp3) is 0.867. The van der Waals surface area contributed by atoms with Crippen LogP contribution >= 0.6 is 0 Å². The van der Waals surface area contributed by atoms with Gasteiger partial charge in [0.15, 0.2) is 0 Å². The molecule has 5 nitrogen and oxygen atoms in total. The number of hydrogen-bond donors (Lipinski definition) is 2. The third kappa shape index (κ3) is 6.89. The highest BCUT2D eigenvalue weighted by atomic mass is 16.2. The molecule has 0 radical (unpaired) electrons. The van der Waals surface area contributed by atoms with Gasteiger partial charge in [0.1, 0.15) is 0 Å². The molecule has 20 heavy (non-hydrogen) atoms. The maximum atomic E-state index is 11.7. The van der Waals surface area contributed by atoms with Gasteiger partial charge < -0.3 is 10.6 Å². The van der Waals surface area contributed by atoms with E-state index < -0.39 is 0 Å². The maximum Gasteiger partial charge on any atom is 0.222 e. The quantitative estimate of drug-likeness (QED) is 0.705. The summed E-state index contributed by atoms with van der Waals surface area (Å²) in [6.45, 7) is 13.0. The van der Waals surface area contributed by atoms with Gasteiger partial charge in [-0.25, -0.2) is 0 Å². The lowest BCUT2D eigenvalue weighted by Crippen LogP contribution is -2.50. The minimum absolute atomic E-state index is 0.000265. The molecule has 0 rings (SSSR count). The van der Waals surface area contributed by atoms with Gasteiger partial charge in [0, 0.05) is 37.0 Å². The van der Waals surface area contributed by atoms with Crippen molar-refractivity contribution in [2.24, 2.45) is 11.8 Å². The van der Waals surface area contributed by atoms with Crippen molar-refractivity contribution < 1.29 is 9.59 Å². The minimum atomic E-state index is 0.000265. The molecule has 0 saturated heterocycles. The number of amides is 2. The fourth-order valence-electron chi connectivity index (χ4n) is 1.66. The SMILES string of the molecule is CC(C)C(=O)NCCN(C)C(C)C(C)NC(=O)C(C)C. The van der Waals surface area contributed by atoms with E-state index in [-0.39, 0.29) is 35.7 Å². The van der Waals surface area contributed by atoms with Gasteiger partial charge in [0.2, 0.25) is 11.8 Å². The molecular formula is C15H31N3O2. The van der Waals surface area contributed by atoms with Crippen molar-refractivity contribution in [3.05, 3.63) is 0 Å². The molecule has 2 amide bonds. The lowest BCUT2D eigenvalue weighted by Gasteiger charge is -2.31. The number of rotatable bonds is 8. The normalized spacial score (nSPS) is 14.5. The summed E-state index contributed by atoms with van der Waals surface area (Å²) in [7, 11) is 2.00. The molecule has 0 bridgehead atoms. The Morgan fingerprint density at radius 2 is 1.45 bits per heavy atom. The summed E-state index contributed by atoms with van der Waals surface area (Å²) in [5, 5.41) is 5.91. The summed E-state index contributed by atoms with van der Waals surface area (Å²) in [5.41, 5.74) is 0. The first-order chi connectivity index (χ1) is 9.16. The molecule has 118 valence electrons. The predicted octanol–water partition coefficient (Wildman–Crippen LogP) is 1.24. The molecule has 2 unspecified atom stereocenters. The Bertz CT molecular complexity index is 316. The number of likely N-dealkylation sites (N-methyl/N-ethyl adjacent to an activating group) is 1. The standard InChI is InChI=1S/C15H31N3O2/c1-10(2)14(19)16-8-9-18(7)13(6)12(5)17-15(20)11(3)4/h10-13H,8-9H2,1-7H3,(H,16,19)(H,17,20). The van der Waals surface area contributed by atoms with Crippen molar-refractivity contribution in [3.63, 3.8) is 0 Å². The smallest absolute Gasteiger partial charge is 0.222 e. The van der Waals surface area contributed by atoms with Crippen LogP contribution in [0.15, 0.2) is 0 Å². The third-order valence-electron chi connectivity index (χ3n) is 3.60. The molecule has 5 heteroatoms. The van der Waals surface area contributed by atoms with E-state index in [0.717, 1.165) is 6.54 Å². The van der Waals surface area contributed by atoms with Crippen LogP contribution in [0.5, 0.6) is 0 Å². The summed E-state index contributed by atoms with van der Waals surface area (Å²) in [6, 6.07) is 0.296. The molecule has 0 fully saturated rings. The molecule has 0 saturated carbocycles. The summed E-state index contributed by atoms with van der Waals surface area (Å²) in [6.07, 6.45) is 0. The molecule has 0 spiro atoms. The second-order valence-electron chi connectivity index (χ2n) is 6.12. The Labute approximate surface area is 123 Å².